The van der Waals surface area contributed by atoms with Gasteiger partial charge >= 0.3 is 0 Å². The molecule has 3 aliphatic rings. The molecule has 0 aromatic carbocycles. The van der Waals surface area contributed by atoms with E-state index in [9.17, 15) is 9.59 Å². The van der Waals surface area contributed by atoms with Crippen LogP contribution in [0.2, 0.25) is 0 Å². The second-order valence-corrected chi connectivity index (χ2v) is 8.60. The fourth-order valence-electron chi connectivity index (χ4n) is 4.22. The summed E-state index contributed by atoms with van der Waals surface area (Å²) < 4.78 is 6.08. The Kier molecular flexibility index (Phi) is 5.68. The topological polar surface area (TPSA) is 61.9 Å². The van der Waals surface area contributed by atoms with Gasteiger partial charge in [0.15, 0.2) is 0 Å². The van der Waals surface area contributed by atoms with Crippen molar-refractivity contribution in [1.29, 1.82) is 0 Å². The van der Waals surface area contributed by atoms with Gasteiger partial charge in [-0.05, 0) is 32.2 Å². The van der Waals surface area contributed by atoms with E-state index in [1.165, 1.54) is 12.8 Å². The standard InChI is InChI=1S/C19H33N3O3/c1-14(2)8-9-17(23)22-12-19(13-22)11-21(3)16(10-25-19)18(24)20-15-6-4-5-7-15/h14-16H,4-13H2,1-3H3,(H,20,24)/t16-/m0/s1. The van der Waals surface area contributed by atoms with E-state index in [0.29, 0.717) is 44.6 Å². The molecule has 6 heteroatoms. The quantitative estimate of drug-likeness (QED) is 0.813. The average Bonchev–Trinajstić information content (AvgIpc) is 3.02. The minimum atomic E-state index is -0.271. The number of carbonyl (C=O) groups excluding carboxylic acids is 2. The number of hydrogen-bond donors (Lipinski definition) is 1. The zero-order chi connectivity index (χ0) is 18.0. The summed E-state index contributed by atoms with van der Waals surface area (Å²) in [6.07, 6.45) is 6.18. The Bertz CT molecular complexity index is 496. The first-order chi connectivity index (χ1) is 11.9. The minimum absolute atomic E-state index is 0.0911. The van der Waals surface area contributed by atoms with Crippen molar-refractivity contribution in [3.05, 3.63) is 0 Å². The van der Waals surface area contributed by atoms with Gasteiger partial charge in [-0.3, -0.25) is 14.5 Å². The lowest BCUT2D eigenvalue weighted by atomic mass is 9.90. The average molecular weight is 351 g/mol. The molecule has 1 aliphatic carbocycles. The molecule has 1 saturated carbocycles. The summed E-state index contributed by atoms with van der Waals surface area (Å²) in [5.41, 5.74) is -0.271. The number of ether oxygens (including phenoxy) is 1. The molecule has 1 spiro atoms. The molecule has 3 fully saturated rings. The summed E-state index contributed by atoms with van der Waals surface area (Å²) in [5.74, 6) is 0.871. The number of rotatable bonds is 5. The molecule has 2 aliphatic heterocycles. The van der Waals surface area contributed by atoms with Crippen molar-refractivity contribution in [3.63, 3.8) is 0 Å². The van der Waals surface area contributed by atoms with E-state index < -0.39 is 0 Å². The molecular weight excluding hydrogens is 318 g/mol. The number of amides is 2. The Balaban J connectivity index is 1.44. The second-order valence-electron chi connectivity index (χ2n) is 8.60. The van der Waals surface area contributed by atoms with Crippen LogP contribution in [0, 0.1) is 5.92 Å². The monoisotopic (exact) mass is 351 g/mol. The largest absolute Gasteiger partial charge is 0.368 e. The van der Waals surface area contributed by atoms with Crippen molar-refractivity contribution in [1.82, 2.24) is 15.1 Å². The number of likely N-dealkylation sites (tertiary alicyclic amines) is 1. The maximum atomic E-state index is 12.5. The molecular formula is C19H33N3O3. The van der Waals surface area contributed by atoms with Crippen LogP contribution in [0.3, 0.4) is 0 Å². The maximum absolute atomic E-state index is 12.5. The molecule has 1 atom stereocenters. The summed E-state index contributed by atoms with van der Waals surface area (Å²) in [4.78, 5) is 28.7. The van der Waals surface area contributed by atoms with Crippen LogP contribution < -0.4 is 5.32 Å². The summed E-state index contributed by atoms with van der Waals surface area (Å²) >= 11 is 0. The fourth-order valence-corrected chi connectivity index (χ4v) is 4.22. The van der Waals surface area contributed by atoms with E-state index in [-0.39, 0.29) is 23.5 Å². The van der Waals surface area contributed by atoms with Crippen LogP contribution in [0.5, 0.6) is 0 Å². The number of morpholine rings is 1. The van der Waals surface area contributed by atoms with Crippen molar-refractivity contribution >= 4 is 11.8 Å². The highest BCUT2D eigenvalue weighted by molar-refractivity contribution is 5.82. The molecule has 6 nitrogen and oxygen atoms in total. The second kappa shape index (κ2) is 7.62. The van der Waals surface area contributed by atoms with Crippen LogP contribution in [0.25, 0.3) is 0 Å². The van der Waals surface area contributed by atoms with Gasteiger partial charge in [0.05, 0.1) is 19.7 Å². The van der Waals surface area contributed by atoms with Crippen LogP contribution in [0.4, 0.5) is 0 Å². The normalized spacial score (nSPS) is 26.9. The van der Waals surface area contributed by atoms with Crippen LogP contribution >= 0.6 is 0 Å². The lowest BCUT2D eigenvalue weighted by Gasteiger charge is -2.54. The summed E-state index contributed by atoms with van der Waals surface area (Å²) in [6, 6.07) is 0.131. The fraction of sp³-hybridized carbons (Fsp3) is 0.895. The Morgan fingerprint density at radius 1 is 1.20 bits per heavy atom. The van der Waals surface area contributed by atoms with E-state index >= 15 is 0 Å². The van der Waals surface area contributed by atoms with Gasteiger partial charge in [-0.1, -0.05) is 26.7 Å². The third-order valence-electron chi connectivity index (χ3n) is 5.87. The van der Waals surface area contributed by atoms with E-state index in [1.54, 1.807) is 0 Å². The van der Waals surface area contributed by atoms with Gasteiger partial charge in [0.25, 0.3) is 0 Å². The molecule has 0 unspecified atom stereocenters. The predicted molar refractivity (Wildman–Crippen MR) is 96.2 cm³/mol. The van der Waals surface area contributed by atoms with Gasteiger partial charge in [-0.2, -0.15) is 0 Å². The maximum Gasteiger partial charge on any atom is 0.239 e. The molecule has 1 N–H and O–H groups in total. The highest BCUT2D eigenvalue weighted by atomic mass is 16.5. The zero-order valence-electron chi connectivity index (χ0n) is 15.9. The van der Waals surface area contributed by atoms with E-state index in [4.69, 9.17) is 4.74 Å². The van der Waals surface area contributed by atoms with Gasteiger partial charge in [0.1, 0.15) is 11.6 Å². The lowest BCUT2D eigenvalue weighted by molar-refractivity contribution is -0.201. The van der Waals surface area contributed by atoms with Gasteiger partial charge in [-0.15, -0.1) is 0 Å². The summed E-state index contributed by atoms with van der Waals surface area (Å²) in [6.45, 7) is 6.73. The third kappa shape index (κ3) is 4.34. The molecule has 2 amide bonds. The molecule has 3 rings (SSSR count). The minimum Gasteiger partial charge on any atom is -0.368 e. The summed E-state index contributed by atoms with van der Waals surface area (Å²) in [7, 11) is 1.99. The van der Waals surface area contributed by atoms with Crippen LogP contribution in [0.15, 0.2) is 0 Å². The van der Waals surface area contributed by atoms with Gasteiger partial charge in [0, 0.05) is 19.0 Å². The molecule has 0 bridgehead atoms. The molecule has 2 heterocycles. The number of hydrogen-bond acceptors (Lipinski definition) is 4. The van der Waals surface area contributed by atoms with Crippen molar-refractivity contribution in [2.75, 3.05) is 33.3 Å². The first kappa shape index (κ1) is 18.6. The number of nitrogens with one attached hydrogen (secondary N) is 1. The SMILES string of the molecule is CC(C)CCC(=O)N1CC2(C1)CN(C)[C@H](C(=O)NC1CCCC1)CO2. The van der Waals surface area contributed by atoms with Crippen LogP contribution in [0.1, 0.15) is 52.4 Å². The van der Waals surface area contributed by atoms with Gasteiger partial charge in [-0.25, -0.2) is 0 Å². The van der Waals surface area contributed by atoms with Crippen LogP contribution in [-0.4, -0.2) is 72.6 Å². The van der Waals surface area contributed by atoms with Gasteiger partial charge in [0.2, 0.25) is 11.8 Å². The van der Waals surface area contributed by atoms with E-state index in [1.807, 2.05) is 11.9 Å². The lowest BCUT2D eigenvalue weighted by Crippen LogP contribution is -2.73. The number of carbonyl (C=O) groups is 2. The highest BCUT2D eigenvalue weighted by Crippen LogP contribution is 2.31. The Morgan fingerprint density at radius 2 is 1.88 bits per heavy atom. The summed E-state index contributed by atoms with van der Waals surface area (Å²) in [5, 5.41) is 3.17. The first-order valence-electron chi connectivity index (χ1n) is 9.81. The van der Waals surface area contributed by atoms with E-state index in [0.717, 1.165) is 19.3 Å². The van der Waals surface area contributed by atoms with Crippen LogP contribution in [-0.2, 0) is 14.3 Å². The molecule has 0 aromatic heterocycles. The van der Waals surface area contributed by atoms with Crippen molar-refractivity contribution in [2.24, 2.45) is 5.92 Å². The number of likely N-dealkylation sites (N-methyl/N-ethyl adjacent to an activating group) is 1. The predicted octanol–water partition coefficient (Wildman–Crippen LogP) is 1.39. The molecule has 0 aromatic rings. The molecule has 142 valence electrons. The van der Waals surface area contributed by atoms with E-state index in [2.05, 4.69) is 24.1 Å². The van der Waals surface area contributed by atoms with Crippen molar-refractivity contribution in [3.8, 4) is 0 Å². The smallest absolute Gasteiger partial charge is 0.239 e. The Labute approximate surface area is 151 Å². The Hall–Kier alpha value is -1.14. The molecule has 25 heavy (non-hydrogen) atoms. The van der Waals surface area contributed by atoms with Crippen molar-refractivity contribution in [2.45, 2.75) is 70.1 Å². The van der Waals surface area contributed by atoms with Gasteiger partial charge < -0.3 is 15.0 Å². The molecule has 0 radical (unpaired) electrons. The first-order valence-corrected chi connectivity index (χ1v) is 9.81. The van der Waals surface area contributed by atoms with Crippen molar-refractivity contribution < 1.29 is 14.3 Å². The highest BCUT2D eigenvalue weighted by Gasteiger charge is 2.51. The Morgan fingerprint density at radius 3 is 2.48 bits per heavy atom. The molecule has 2 saturated heterocycles. The third-order valence-corrected chi connectivity index (χ3v) is 5.87. The zero-order valence-corrected chi connectivity index (χ0v) is 15.9. The number of nitrogens with zero attached hydrogens (tertiary/aromatic N) is 2.